The van der Waals surface area contributed by atoms with Crippen LogP contribution in [-0.4, -0.2) is 28.7 Å². The van der Waals surface area contributed by atoms with Crippen molar-refractivity contribution < 1.29 is 4.52 Å². The standard InChI is InChI=1S/C22H20ClN3O2/c1-25(2)13-14-8-10-15(11-9-14)18-12-19-20(22(27)26(18)3)21(24-28-19)16-6-4-5-7-17(16)23/h4-12H,13H2,1-3H3. The molecule has 2 aromatic heterocycles. The summed E-state index contributed by atoms with van der Waals surface area (Å²) in [4.78, 5) is 15.2. The van der Waals surface area contributed by atoms with Gasteiger partial charge in [0.1, 0.15) is 11.1 Å². The van der Waals surface area contributed by atoms with Crippen LogP contribution in [0.25, 0.3) is 33.5 Å². The zero-order valence-electron chi connectivity index (χ0n) is 15.9. The third kappa shape index (κ3) is 3.23. The molecule has 0 amide bonds. The number of hydrogen-bond donors (Lipinski definition) is 0. The summed E-state index contributed by atoms with van der Waals surface area (Å²) in [5, 5.41) is 5.09. The molecule has 142 valence electrons. The number of pyridine rings is 1. The van der Waals surface area contributed by atoms with E-state index in [2.05, 4.69) is 22.2 Å². The fourth-order valence-corrected chi connectivity index (χ4v) is 3.59. The predicted molar refractivity (Wildman–Crippen MR) is 113 cm³/mol. The van der Waals surface area contributed by atoms with Gasteiger partial charge in [0.05, 0.1) is 10.7 Å². The molecule has 0 spiro atoms. The minimum Gasteiger partial charge on any atom is -0.355 e. The molecule has 6 heteroatoms. The second-order valence-electron chi connectivity index (χ2n) is 7.08. The molecule has 2 aromatic carbocycles. The van der Waals surface area contributed by atoms with Crippen molar-refractivity contribution in [1.82, 2.24) is 14.6 Å². The Morgan fingerprint density at radius 1 is 1.11 bits per heavy atom. The van der Waals surface area contributed by atoms with Crippen LogP contribution in [0.5, 0.6) is 0 Å². The quantitative estimate of drug-likeness (QED) is 0.509. The molecule has 0 atom stereocenters. The second-order valence-corrected chi connectivity index (χ2v) is 7.49. The van der Waals surface area contributed by atoms with Crippen molar-refractivity contribution in [3.63, 3.8) is 0 Å². The highest BCUT2D eigenvalue weighted by Crippen LogP contribution is 2.32. The smallest absolute Gasteiger partial charge is 0.264 e. The third-order valence-electron chi connectivity index (χ3n) is 4.74. The minimum atomic E-state index is -0.166. The Kier molecular flexibility index (Phi) is 4.79. The first-order valence-corrected chi connectivity index (χ1v) is 9.32. The molecule has 0 bridgehead atoms. The number of nitrogens with zero attached hydrogens (tertiary/aromatic N) is 3. The molecule has 4 rings (SSSR count). The highest BCUT2D eigenvalue weighted by atomic mass is 35.5. The Labute approximate surface area is 167 Å². The third-order valence-corrected chi connectivity index (χ3v) is 5.07. The van der Waals surface area contributed by atoms with E-state index in [1.54, 1.807) is 17.7 Å². The molecule has 0 N–H and O–H groups in total. The van der Waals surface area contributed by atoms with Gasteiger partial charge in [-0.3, -0.25) is 4.79 Å². The molecule has 0 aliphatic rings. The lowest BCUT2D eigenvalue weighted by molar-refractivity contribution is 0.402. The fourth-order valence-electron chi connectivity index (χ4n) is 3.37. The monoisotopic (exact) mass is 393 g/mol. The zero-order chi connectivity index (χ0) is 19.8. The van der Waals surface area contributed by atoms with Gasteiger partial charge in [0.15, 0.2) is 5.58 Å². The van der Waals surface area contributed by atoms with Gasteiger partial charge in [-0.15, -0.1) is 0 Å². The van der Waals surface area contributed by atoms with Crippen LogP contribution in [0.15, 0.2) is 63.9 Å². The van der Waals surface area contributed by atoms with E-state index >= 15 is 0 Å². The van der Waals surface area contributed by atoms with E-state index in [4.69, 9.17) is 16.1 Å². The molecule has 0 saturated heterocycles. The predicted octanol–water partition coefficient (Wildman–Crippen LogP) is 4.58. The molecule has 4 aromatic rings. The van der Waals surface area contributed by atoms with E-state index in [1.807, 2.05) is 50.5 Å². The van der Waals surface area contributed by atoms with Gasteiger partial charge in [-0.25, -0.2) is 0 Å². The van der Waals surface area contributed by atoms with E-state index < -0.39 is 0 Å². The molecule has 0 radical (unpaired) electrons. The van der Waals surface area contributed by atoms with Crippen molar-refractivity contribution in [3.05, 3.63) is 75.5 Å². The summed E-state index contributed by atoms with van der Waals surface area (Å²) >= 11 is 6.29. The van der Waals surface area contributed by atoms with Gasteiger partial charge < -0.3 is 14.0 Å². The largest absolute Gasteiger partial charge is 0.355 e. The van der Waals surface area contributed by atoms with Gasteiger partial charge in [0, 0.05) is 25.2 Å². The average molecular weight is 394 g/mol. The van der Waals surface area contributed by atoms with E-state index in [-0.39, 0.29) is 5.56 Å². The maximum absolute atomic E-state index is 13.1. The van der Waals surface area contributed by atoms with Gasteiger partial charge in [-0.05, 0) is 31.3 Å². The van der Waals surface area contributed by atoms with Crippen LogP contribution in [-0.2, 0) is 13.6 Å². The number of fused-ring (bicyclic) bond motifs is 1. The zero-order valence-corrected chi connectivity index (χ0v) is 16.7. The summed E-state index contributed by atoms with van der Waals surface area (Å²) in [6.07, 6.45) is 0. The Bertz CT molecular complexity index is 1210. The number of hydrogen-bond acceptors (Lipinski definition) is 4. The topological polar surface area (TPSA) is 51.3 Å². The fraction of sp³-hybridized carbons (Fsp3) is 0.182. The van der Waals surface area contributed by atoms with Gasteiger partial charge in [0.2, 0.25) is 0 Å². The molecule has 0 unspecified atom stereocenters. The molecular weight excluding hydrogens is 374 g/mol. The maximum atomic E-state index is 13.1. The molecule has 0 aliphatic carbocycles. The Balaban J connectivity index is 1.84. The van der Waals surface area contributed by atoms with Crippen LogP contribution in [0.3, 0.4) is 0 Å². The van der Waals surface area contributed by atoms with Crippen LogP contribution >= 0.6 is 11.6 Å². The first kappa shape index (κ1) is 18.5. The van der Waals surface area contributed by atoms with Crippen LogP contribution in [0.2, 0.25) is 5.02 Å². The highest BCUT2D eigenvalue weighted by molar-refractivity contribution is 6.33. The second kappa shape index (κ2) is 7.26. The van der Waals surface area contributed by atoms with Gasteiger partial charge in [-0.1, -0.05) is 59.2 Å². The number of halogens is 1. The SMILES string of the molecule is CN(C)Cc1ccc(-c2cc3onc(-c4ccccc4Cl)c3c(=O)n2C)cc1. The summed E-state index contributed by atoms with van der Waals surface area (Å²) in [6.45, 7) is 0.863. The van der Waals surface area contributed by atoms with E-state index in [0.29, 0.717) is 27.2 Å². The summed E-state index contributed by atoms with van der Waals surface area (Å²) in [6, 6.07) is 17.3. The lowest BCUT2D eigenvalue weighted by atomic mass is 10.1. The lowest BCUT2D eigenvalue weighted by Crippen LogP contribution is -2.18. The van der Waals surface area contributed by atoms with Gasteiger partial charge in [-0.2, -0.15) is 0 Å². The van der Waals surface area contributed by atoms with Gasteiger partial charge >= 0.3 is 0 Å². The van der Waals surface area contributed by atoms with Gasteiger partial charge in [0.25, 0.3) is 5.56 Å². The van der Waals surface area contributed by atoms with E-state index in [1.165, 1.54) is 5.56 Å². The van der Waals surface area contributed by atoms with Crippen molar-refractivity contribution in [2.24, 2.45) is 7.05 Å². The van der Waals surface area contributed by atoms with Crippen LogP contribution in [0, 0.1) is 0 Å². The van der Waals surface area contributed by atoms with Crippen molar-refractivity contribution in [2.45, 2.75) is 6.54 Å². The Morgan fingerprint density at radius 2 is 1.82 bits per heavy atom. The molecule has 2 heterocycles. The molecule has 5 nitrogen and oxygen atoms in total. The molecule has 0 saturated carbocycles. The molecule has 0 aliphatic heterocycles. The maximum Gasteiger partial charge on any atom is 0.264 e. The highest BCUT2D eigenvalue weighted by Gasteiger charge is 2.19. The summed E-state index contributed by atoms with van der Waals surface area (Å²) < 4.78 is 7.13. The minimum absolute atomic E-state index is 0.166. The number of rotatable bonds is 4. The van der Waals surface area contributed by atoms with Crippen molar-refractivity contribution in [3.8, 4) is 22.5 Å². The Morgan fingerprint density at radius 3 is 2.50 bits per heavy atom. The molecule has 28 heavy (non-hydrogen) atoms. The molecular formula is C22H20ClN3O2. The summed E-state index contributed by atoms with van der Waals surface area (Å²) in [7, 11) is 5.83. The van der Waals surface area contributed by atoms with Crippen molar-refractivity contribution in [1.29, 1.82) is 0 Å². The van der Waals surface area contributed by atoms with Crippen molar-refractivity contribution >= 4 is 22.6 Å². The van der Waals surface area contributed by atoms with E-state index in [0.717, 1.165) is 17.8 Å². The van der Waals surface area contributed by atoms with Crippen LogP contribution in [0.4, 0.5) is 0 Å². The summed E-state index contributed by atoms with van der Waals surface area (Å²) in [5.74, 6) is 0. The normalized spacial score (nSPS) is 11.5. The average Bonchev–Trinajstić information content (AvgIpc) is 3.09. The Hall–Kier alpha value is -2.89. The number of benzene rings is 2. The first-order valence-electron chi connectivity index (χ1n) is 8.94. The summed E-state index contributed by atoms with van der Waals surface area (Å²) in [5.41, 5.74) is 4.36. The van der Waals surface area contributed by atoms with E-state index in [9.17, 15) is 4.79 Å². The lowest BCUT2D eigenvalue weighted by Gasteiger charge is -2.12. The molecule has 0 fully saturated rings. The first-order chi connectivity index (χ1) is 13.5. The van der Waals surface area contributed by atoms with Crippen LogP contribution in [0.1, 0.15) is 5.56 Å². The van der Waals surface area contributed by atoms with Crippen molar-refractivity contribution in [2.75, 3.05) is 14.1 Å². The van der Waals surface area contributed by atoms with Crippen LogP contribution < -0.4 is 5.56 Å². The number of aromatic nitrogens is 2.